The minimum atomic E-state index is -0.709. The number of rotatable bonds is 8. The van der Waals surface area contributed by atoms with Crippen LogP contribution in [0.3, 0.4) is 0 Å². The summed E-state index contributed by atoms with van der Waals surface area (Å²) in [6.07, 6.45) is 5.56. The minimum absolute atomic E-state index is 0.0210. The molecule has 1 aliphatic carbocycles. The fourth-order valence-electron chi connectivity index (χ4n) is 8.32. The average Bonchev–Trinajstić information content (AvgIpc) is 3.81. The summed E-state index contributed by atoms with van der Waals surface area (Å²) in [5.41, 5.74) is 5.52. The van der Waals surface area contributed by atoms with Crippen molar-refractivity contribution in [2.45, 2.75) is 62.1 Å². The van der Waals surface area contributed by atoms with E-state index in [1.165, 1.54) is 11.1 Å². The second-order valence-corrected chi connectivity index (χ2v) is 14.1. The Bertz CT molecular complexity index is 1780. The number of fused-ring (bicyclic) bond motifs is 3. The van der Waals surface area contributed by atoms with Gasteiger partial charge in [0.1, 0.15) is 6.04 Å². The summed E-state index contributed by atoms with van der Waals surface area (Å²) in [5.74, 6) is -0.0791. The van der Waals surface area contributed by atoms with Crippen molar-refractivity contribution in [3.05, 3.63) is 107 Å². The van der Waals surface area contributed by atoms with Gasteiger partial charge in [-0.2, -0.15) is 0 Å². The van der Waals surface area contributed by atoms with E-state index in [0.29, 0.717) is 19.5 Å². The number of urea groups is 1. The molecule has 48 heavy (non-hydrogen) atoms. The quantitative estimate of drug-likeness (QED) is 0.256. The molecular weight excluding hydrogens is 600 g/mol. The Morgan fingerprint density at radius 3 is 2.46 bits per heavy atom. The van der Waals surface area contributed by atoms with Crippen molar-refractivity contribution in [2.75, 3.05) is 40.3 Å². The van der Waals surface area contributed by atoms with E-state index in [4.69, 9.17) is 0 Å². The van der Waals surface area contributed by atoms with Gasteiger partial charge >= 0.3 is 6.03 Å². The highest BCUT2D eigenvalue weighted by Crippen LogP contribution is 2.52. The van der Waals surface area contributed by atoms with Crippen LogP contribution < -0.4 is 10.6 Å². The van der Waals surface area contributed by atoms with Gasteiger partial charge in [0.25, 0.3) is 0 Å². The summed E-state index contributed by atoms with van der Waals surface area (Å²) >= 11 is 0. The summed E-state index contributed by atoms with van der Waals surface area (Å²) < 4.78 is 0. The number of carbonyl (C=O) groups excluding carboxylic acids is 3. The Labute approximate surface area is 282 Å². The standard InChI is InChI=1S/C39H46N6O3/c1-43(2)36(46)32-23-39(33-14-8-6-13-31(32)33)17-20-45(21-18-39)37(47)35(22-28-24-40-34-15-9-7-12-30(28)34)42-38(48)41-29-16-19-44(26-29)25-27-10-4-3-5-11-27/h3-15,24,29,32,35,40H,16-23,25-26H2,1-2H3,(H2,41,42,48). The maximum absolute atomic E-state index is 14.3. The van der Waals surface area contributed by atoms with Crippen LogP contribution in [0.4, 0.5) is 4.79 Å². The van der Waals surface area contributed by atoms with Crippen LogP contribution in [0.15, 0.2) is 85.1 Å². The fraction of sp³-hybridized carbons (Fsp3) is 0.410. The normalized spacial score (nSPS) is 20.8. The number of likely N-dealkylation sites (N-methyl/N-ethyl adjacent to an activating group) is 1. The molecule has 2 saturated heterocycles. The molecule has 9 heteroatoms. The SMILES string of the molecule is CN(C)C(=O)C1CC2(CCN(C(=O)C(Cc3c[nH]c4ccccc34)NC(=O)NC3CCN(Cc4ccccc4)C3)CC2)c2ccccc21. The van der Waals surface area contributed by atoms with E-state index in [1.54, 1.807) is 4.90 Å². The number of nitrogens with one attached hydrogen (secondary N) is 3. The van der Waals surface area contributed by atoms with Crippen LogP contribution in [-0.2, 0) is 28.0 Å². The lowest BCUT2D eigenvalue weighted by molar-refractivity contribution is -0.135. The number of nitrogens with zero attached hydrogens (tertiary/aromatic N) is 3. The first-order chi connectivity index (χ1) is 23.3. The predicted octanol–water partition coefficient (Wildman–Crippen LogP) is 4.79. The van der Waals surface area contributed by atoms with Gasteiger partial charge in [-0.3, -0.25) is 14.5 Å². The maximum Gasteiger partial charge on any atom is 0.315 e. The van der Waals surface area contributed by atoms with Crippen LogP contribution in [0.25, 0.3) is 10.9 Å². The predicted molar refractivity (Wildman–Crippen MR) is 188 cm³/mol. The number of aromatic amines is 1. The van der Waals surface area contributed by atoms with Gasteiger partial charge in [0.15, 0.2) is 0 Å². The summed E-state index contributed by atoms with van der Waals surface area (Å²) in [7, 11) is 3.64. The number of H-pyrrole nitrogens is 1. The lowest BCUT2D eigenvalue weighted by atomic mass is 9.73. The van der Waals surface area contributed by atoms with Gasteiger partial charge in [-0.1, -0.05) is 72.8 Å². The molecule has 1 aromatic heterocycles. The van der Waals surface area contributed by atoms with Crippen molar-refractivity contribution in [3.63, 3.8) is 0 Å². The van der Waals surface area contributed by atoms with Crippen LogP contribution in [0, 0.1) is 0 Å². The van der Waals surface area contributed by atoms with Gasteiger partial charge in [0.2, 0.25) is 11.8 Å². The molecule has 3 aromatic carbocycles. The average molecular weight is 647 g/mol. The Kier molecular flexibility index (Phi) is 8.96. The molecule has 9 nitrogen and oxygen atoms in total. The van der Waals surface area contributed by atoms with E-state index < -0.39 is 6.04 Å². The third-order valence-corrected chi connectivity index (χ3v) is 10.8. The van der Waals surface area contributed by atoms with Gasteiger partial charge < -0.3 is 25.4 Å². The van der Waals surface area contributed by atoms with Gasteiger partial charge in [0, 0.05) is 81.8 Å². The highest BCUT2D eigenvalue weighted by molar-refractivity contribution is 5.90. The summed E-state index contributed by atoms with van der Waals surface area (Å²) in [6, 6.07) is 25.8. The van der Waals surface area contributed by atoms with Crippen molar-refractivity contribution in [3.8, 4) is 0 Å². The molecule has 3 atom stereocenters. The first-order valence-corrected chi connectivity index (χ1v) is 17.3. The van der Waals surface area contributed by atoms with Crippen molar-refractivity contribution in [1.82, 2.24) is 30.3 Å². The van der Waals surface area contributed by atoms with Crippen LogP contribution in [0.2, 0.25) is 0 Å². The van der Waals surface area contributed by atoms with Gasteiger partial charge in [-0.25, -0.2) is 4.79 Å². The van der Waals surface area contributed by atoms with E-state index in [0.717, 1.165) is 67.3 Å². The first-order valence-electron chi connectivity index (χ1n) is 17.3. The van der Waals surface area contributed by atoms with Gasteiger partial charge in [-0.15, -0.1) is 0 Å². The molecule has 4 aromatic rings. The fourth-order valence-corrected chi connectivity index (χ4v) is 8.32. The molecule has 3 unspecified atom stereocenters. The first kappa shape index (κ1) is 31.9. The second kappa shape index (κ2) is 13.5. The molecule has 1 spiro atoms. The van der Waals surface area contributed by atoms with E-state index in [1.807, 2.05) is 55.5 Å². The number of hydrogen-bond acceptors (Lipinski definition) is 4. The minimum Gasteiger partial charge on any atom is -0.361 e. The number of para-hydroxylation sites is 1. The number of aromatic nitrogens is 1. The zero-order valence-corrected chi connectivity index (χ0v) is 28.0. The van der Waals surface area contributed by atoms with E-state index >= 15 is 0 Å². The highest BCUT2D eigenvalue weighted by Gasteiger charge is 2.48. The molecule has 7 rings (SSSR count). The third kappa shape index (κ3) is 6.43. The van der Waals surface area contributed by atoms with Crippen LogP contribution in [-0.4, -0.2) is 89.9 Å². The number of piperidine rings is 1. The highest BCUT2D eigenvalue weighted by atomic mass is 16.2. The van der Waals surface area contributed by atoms with Crippen molar-refractivity contribution in [1.29, 1.82) is 0 Å². The molecule has 2 fully saturated rings. The molecule has 0 bridgehead atoms. The molecule has 3 heterocycles. The number of likely N-dealkylation sites (tertiary alicyclic amines) is 2. The number of amides is 4. The molecule has 2 aliphatic heterocycles. The van der Waals surface area contributed by atoms with Crippen molar-refractivity contribution in [2.24, 2.45) is 0 Å². The van der Waals surface area contributed by atoms with Crippen molar-refractivity contribution >= 4 is 28.7 Å². The van der Waals surface area contributed by atoms with Crippen LogP contribution in [0.5, 0.6) is 0 Å². The Morgan fingerprint density at radius 1 is 0.938 bits per heavy atom. The smallest absolute Gasteiger partial charge is 0.315 e. The summed E-state index contributed by atoms with van der Waals surface area (Å²) in [6.45, 7) is 3.71. The Hall–Kier alpha value is -4.63. The number of carbonyl (C=O) groups is 3. The molecule has 3 aliphatic rings. The monoisotopic (exact) mass is 646 g/mol. The molecule has 4 amide bonds. The Balaban J connectivity index is 1.04. The molecular formula is C39H46N6O3. The zero-order valence-electron chi connectivity index (χ0n) is 28.0. The lowest BCUT2D eigenvalue weighted by Gasteiger charge is -2.41. The molecule has 0 radical (unpaired) electrons. The van der Waals surface area contributed by atoms with Crippen molar-refractivity contribution < 1.29 is 14.4 Å². The van der Waals surface area contributed by atoms with Crippen LogP contribution in [0.1, 0.15) is 53.9 Å². The molecule has 0 saturated carbocycles. The third-order valence-electron chi connectivity index (χ3n) is 10.8. The zero-order chi connectivity index (χ0) is 33.3. The topological polar surface area (TPSA) is 101 Å². The Morgan fingerprint density at radius 2 is 1.67 bits per heavy atom. The maximum atomic E-state index is 14.3. The van der Waals surface area contributed by atoms with Gasteiger partial charge in [-0.05, 0) is 54.0 Å². The number of benzene rings is 3. The second-order valence-electron chi connectivity index (χ2n) is 14.1. The van der Waals surface area contributed by atoms with E-state index in [9.17, 15) is 14.4 Å². The molecule has 3 N–H and O–H groups in total. The van der Waals surface area contributed by atoms with E-state index in [-0.39, 0.29) is 35.2 Å². The largest absolute Gasteiger partial charge is 0.361 e. The summed E-state index contributed by atoms with van der Waals surface area (Å²) in [4.78, 5) is 50.3. The van der Waals surface area contributed by atoms with Gasteiger partial charge in [0.05, 0.1) is 5.92 Å². The van der Waals surface area contributed by atoms with Crippen LogP contribution >= 0.6 is 0 Å². The number of hydrogen-bond donors (Lipinski definition) is 3. The lowest BCUT2D eigenvalue weighted by Crippen LogP contribution is -2.56. The summed E-state index contributed by atoms with van der Waals surface area (Å²) in [5, 5.41) is 7.32. The van der Waals surface area contributed by atoms with E-state index in [2.05, 4.69) is 69.0 Å². The molecule has 250 valence electrons.